The van der Waals surface area contributed by atoms with Crippen LogP contribution in [-0.2, 0) is 17.7 Å². The second-order valence-corrected chi connectivity index (χ2v) is 6.16. The average molecular weight is 348 g/mol. The van der Waals surface area contributed by atoms with Gasteiger partial charge in [0.2, 0.25) is 0 Å². The summed E-state index contributed by atoms with van der Waals surface area (Å²) in [6.07, 6.45) is 0.784. The third kappa shape index (κ3) is 5.86. The van der Waals surface area contributed by atoms with Crippen LogP contribution >= 0.6 is 11.3 Å². The SMILES string of the molecule is COCCN(Cc1ccsc1)C(=O)NCCc1ccc(OC)cc1. The molecule has 6 heteroatoms. The topological polar surface area (TPSA) is 50.8 Å². The van der Waals surface area contributed by atoms with Crippen molar-refractivity contribution in [1.29, 1.82) is 0 Å². The minimum atomic E-state index is -0.0632. The maximum Gasteiger partial charge on any atom is 0.317 e. The summed E-state index contributed by atoms with van der Waals surface area (Å²) in [5.74, 6) is 0.837. The number of hydrogen-bond donors (Lipinski definition) is 1. The number of urea groups is 1. The van der Waals surface area contributed by atoms with E-state index < -0.39 is 0 Å². The van der Waals surface area contributed by atoms with Crippen molar-refractivity contribution in [3.05, 3.63) is 52.2 Å². The van der Waals surface area contributed by atoms with Crippen LogP contribution in [0.25, 0.3) is 0 Å². The summed E-state index contributed by atoms with van der Waals surface area (Å²) in [6, 6.07) is 9.86. The summed E-state index contributed by atoms with van der Waals surface area (Å²) in [5.41, 5.74) is 2.30. The number of amides is 2. The molecular weight excluding hydrogens is 324 g/mol. The Labute approximate surface area is 147 Å². The summed E-state index contributed by atoms with van der Waals surface area (Å²) >= 11 is 1.64. The highest BCUT2D eigenvalue weighted by Gasteiger charge is 2.13. The molecule has 2 aromatic rings. The van der Waals surface area contributed by atoms with Crippen LogP contribution in [0, 0.1) is 0 Å². The summed E-state index contributed by atoms with van der Waals surface area (Å²) in [5, 5.41) is 7.06. The average Bonchev–Trinajstić information content (AvgIpc) is 3.12. The first kappa shape index (κ1) is 18.3. The van der Waals surface area contributed by atoms with Gasteiger partial charge in [-0.3, -0.25) is 0 Å². The van der Waals surface area contributed by atoms with Gasteiger partial charge in [-0.1, -0.05) is 12.1 Å². The summed E-state index contributed by atoms with van der Waals surface area (Å²) in [7, 11) is 3.29. The zero-order valence-corrected chi connectivity index (χ0v) is 15.0. The Morgan fingerprint density at radius 1 is 1.17 bits per heavy atom. The standard InChI is InChI=1S/C18H24N2O3S/c1-22-11-10-20(13-16-8-12-24-14-16)18(21)19-9-7-15-3-5-17(23-2)6-4-15/h3-6,8,12,14H,7,9-11,13H2,1-2H3,(H,19,21). The van der Waals surface area contributed by atoms with Gasteiger partial charge >= 0.3 is 6.03 Å². The molecule has 130 valence electrons. The Bertz CT molecular complexity index is 599. The van der Waals surface area contributed by atoms with E-state index in [1.165, 1.54) is 0 Å². The summed E-state index contributed by atoms with van der Waals surface area (Å²) in [4.78, 5) is 14.2. The number of nitrogens with zero attached hydrogens (tertiary/aromatic N) is 1. The second kappa shape index (κ2) is 9.95. The minimum Gasteiger partial charge on any atom is -0.497 e. The number of ether oxygens (including phenoxy) is 2. The molecule has 24 heavy (non-hydrogen) atoms. The maximum absolute atomic E-state index is 12.4. The van der Waals surface area contributed by atoms with Gasteiger partial charge in [0.15, 0.2) is 0 Å². The molecule has 0 fully saturated rings. The molecule has 1 aromatic carbocycles. The molecule has 1 aromatic heterocycles. The lowest BCUT2D eigenvalue weighted by Crippen LogP contribution is -2.41. The van der Waals surface area contributed by atoms with E-state index in [0.29, 0.717) is 26.2 Å². The predicted molar refractivity (Wildman–Crippen MR) is 96.7 cm³/mol. The molecule has 2 rings (SSSR count). The molecule has 0 aliphatic rings. The van der Waals surface area contributed by atoms with Crippen molar-refractivity contribution >= 4 is 17.4 Å². The molecule has 0 radical (unpaired) electrons. The Morgan fingerprint density at radius 3 is 2.58 bits per heavy atom. The van der Waals surface area contributed by atoms with Crippen LogP contribution in [0.1, 0.15) is 11.1 Å². The van der Waals surface area contributed by atoms with Gasteiger partial charge in [-0.05, 0) is 46.5 Å². The van der Waals surface area contributed by atoms with Crippen LogP contribution in [0.2, 0.25) is 0 Å². The molecule has 5 nitrogen and oxygen atoms in total. The van der Waals surface area contributed by atoms with Gasteiger partial charge in [-0.25, -0.2) is 4.79 Å². The molecule has 0 atom stereocenters. The van der Waals surface area contributed by atoms with E-state index in [0.717, 1.165) is 23.3 Å². The fourth-order valence-corrected chi connectivity index (χ4v) is 2.93. The van der Waals surface area contributed by atoms with Crippen molar-refractivity contribution in [2.75, 3.05) is 33.9 Å². The Kier molecular flexibility index (Phi) is 7.58. The first-order valence-electron chi connectivity index (χ1n) is 7.88. The molecule has 0 saturated heterocycles. The van der Waals surface area contributed by atoms with Crippen molar-refractivity contribution in [2.45, 2.75) is 13.0 Å². The fraction of sp³-hybridized carbons (Fsp3) is 0.389. The van der Waals surface area contributed by atoms with Crippen molar-refractivity contribution in [3.8, 4) is 5.75 Å². The number of hydrogen-bond acceptors (Lipinski definition) is 4. The van der Waals surface area contributed by atoms with E-state index in [1.807, 2.05) is 35.7 Å². The van der Waals surface area contributed by atoms with E-state index >= 15 is 0 Å². The minimum absolute atomic E-state index is 0.0632. The first-order valence-corrected chi connectivity index (χ1v) is 8.83. The highest BCUT2D eigenvalue weighted by molar-refractivity contribution is 7.07. The molecule has 0 aliphatic heterocycles. The van der Waals surface area contributed by atoms with Crippen molar-refractivity contribution in [3.63, 3.8) is 0 Å². The van der Waals surface area contributed by atoms with E-state index in [4.69, 9.17) is 9.47 Å². The number of carbonyl (C=O) groups is 1. The molecule has 1 N–H and O–H groups in total. The van der Waals surface area contributed by atoms with Gasteiger partial charge in [-0.15, -0.1) is 0 Å². The maximum atomic E-state index is 12.4. The van der Waals surface area contributed by atoms with Gasteiger partial charge in [0.05, 0.1) is 13.7 Å². The van der Waals surface area contributed by atoms with Gasteiger partial charge in [-0.2, -0.15) is 11.3 Å². The van der Waals surface area contributed by atoms with E-state index in [-0.39, 0.29) is 6.03 Å². The van der Waals surface area contributed by atoms with Crippen molar-refractivity contribution in [1.82, 2.24) is 10.2 Å². The smallest absolute Gasteiger partial charge is 0.317 e. The number of benzene rings is 1. The van der Waals surface area contributed by atoms with E-state index in [2.05, 4.69) is 10.7 Å². The normalized spacial score (nSPS) is 10.4. The van der Waals surface area contributed by atoms with Crippen LogP contribution in [0.15, 0.2) is 41.1 Å². The lowest BCUT2D eigenvalue weighted by atomic mass is 10.1. The third-order valence-corrected chi connectivity index (χ3v) is 4.39. The summed E-state index contributed by atoms with van der Waals surface area (Å²) < 4.78 is 10.2. The predicted octanol–water partition coefficient (Wildman–Crippen LogP) is 3.16. The molecule has 0 aliphatic carbocycles. The Balaban J connectivity index is 1.82. The molecule has 1 heterocycles. The largest absolute Gasteiger partial charge is 0.497 e. The van der Waals surface area contributed by atoms with Crippen LogP contribution in [0.4, 0.5) is 4.79 Å². The van der Waals surface area contributed by atoms with Crippen LogP contribution in [0.3, 0.4) is 0 Å². The number of nitrogens with one attached hydrogen (secondary N) is 1. The van der Waals surface area contributed by atoms with Crippen molar-refractivity contribution < 1.29 is 14.3 Å². The number of rotatable bonds is 9. The quantitative estimate of drug-likeness (QED) is 0.757. The molecular formula is C18H24N2O3S. The Morgan fingerprint density at radius 2 is 1.96 bits per heavy atom. The third-order valence-electron chi connectivity index (χ3n) is 3.66. The van der Waals surface area contributed by atoms with Crippen LogP contribution < -0.4 is 10.1 Å². The monoisotopic (exact) mass is 348 g/mol. The zero-order chi connectivity index (χ0) is 17.2. The van der Waals surface area contributed by atoms with Gasteiger partial charge in [0.25, 0.3) is 0 Å². The van der Waals surface area contributed by atoms with Gasteiger partial charge in [0.1, 0.15) is 5.75 Å². The van der Waals surface area contributed by atoms with Gasteiger partial charge in [0, 0.05) is 26.7 Å². The van der Waals surface area contributed by atoms with Gasteiger partial charge < -0.3 is 19.7 Å². The first-order chi connectivity index (χ1) is 11.7. The number of methoxy groups -OCH3 is 2. The zero-order valence-electron chi connectivity index (χ0n) is 14.2. The summed E-state index contributed by atoms with van der Waals surface area (Å²) in [6.45, 7) is 2.29. The highest BCUT2D eigenvalue weighted by Crippen LogP contribution is 2.12. The highest BCUT2D eigenvalue weighted by atomic mass is 32.1. The Hall–Kier alpha value is -2.05. The molecule has 0 bridgehead atoms. The van der Waals surface area contributed by atoms with E-state index in [1.54, 1.807) is 30.5 Å². The van der Waals surface area contributed by atoms with Crippen LogP contribution in [-0.4, -0.2) is 44.8 Å². The second-order valence-electron chi connectivity index (χ2n) is 5.38. The lowest BCUT2D eigenvalue weighted by Gasteiger charge is -2.22. The number of thiophene rings is 1. The molecule has 0 spiro atoms. The van der Waals surface area contributed by atoms with Crippen molar-refractivity contribution in [2.24, 2.45) is 0 Å². The van der Waals surface area contributed by atoms with Crippen LogP contribution in [0.5, 0.6) is 5.75 Å². The fourth-order valence-electron chi connectivity index (χ4n) is 2.27. The van der Waals surface area contributed by atoms with E-state index in [9.17, 15) is 4.79 Å². The molecule has 0 unspecified atom stereocenters. The lowest BCUT2D eigenvalue weighted by molar-refractivity contribution is 0.146. The molecule has 2 amide bonds. The number of carbonyl (C=O) groups excluding carboxylic acids is 1. The molecule has 0 saturated carbocycles.